The lowest BCUT2D eigenvalue weighted by Crippen LogP contribution is -2.23. The van der Waals surface area contributed by atoms with Crippen molar-refractivity contribution in [3.63, 3.8) is 0 Å². The Morgan fingerprint density at radius 1 is 0.968 bits per heavy atom. The molecule has 0 spiro atoms. The number of nitrogens with zero attached hydrogens (tertiary/aromatic N) is 2. The second kappa shape index (κ2) is 9.73. The van der Waals surface area contributed by atoms with Gasteiger partial charge in [-0.25, -0.2) is 9.97 Å². The van der Waals surface area contributed by atoms with Crippen molar-refractivity contribution in [2.24, 2.45) is 0 Å². The molecule has 0 fully saturated rings. The Bertz CT molecular complexity index is 1200. The molecule has 158 valence electrons. The van der Waals surface area contributed by atoms with Gasteiger partial charge in [-0.15, -0.1) is 0 Å². The van der Waals surface area contributed by atoms with E-state index < -0.39 is 0 Å². The summed E-state index contributed by atoms with van der Waals surface area (Å²) in [6.07, 6.45) is 6.84. The minimum Gasteiger partial charge on any atom is -0.373 e. The lowest BCUT2D eigenvalue weighted by molar-refractivity contribution is 0.643. The van der Waals surface area contributed by atoms with E-state index in [0.717, 1.165) is 40.7 Å². The van der Waals surface area contributed by atoms with Crippen LogP contribution in [0.1, 0.15) is 16.7 Å². The monoisotopic (exact) mass is 429 g/mol. The molecule has 0 atom stereocenters. The minimum atomic E-state index is 0.880. The van der Waals surface area contributed by atoms with E-state index in [-0.39, 0.29) is 0 Å². The van der Waals surface area contributed by atoms with Gasteiger partial charge in [0.05, 0.1) is 4.88 Å². The van der Waals surface area contributed by atoms with Crippen molar-refractivity contribution >= 4 is 39.1 Å². The molecule has 5 nitrogen and oxygen atoms in total. The number of pyridine rings is 1. The maximum Gasteiger partial charge on any atom is 0.182 e. The van der Waals surface area contributed by atoms with Crippen LogP contribution in [0.15, 0.2) is 61.4 Å². The number of benzene rings is 2. The minimum absolute atomic E-state index is 0.880. The number of fused-ring (bicyclic) bond motifs is 2. The highest BCUT2D eigenvalue weighted by Crippen LogP contribution is 2.31. The molecule has 6 heteroatoms. The van der Waals surface area contributed by atoms with Gasteiger partial charge in [-0.1, -0.05) is 54.3 Å². The van der Waals surface area contributed by atoms with Gasteiger partial charge < -0.3 is 16.0 Å². The number of anilines is 2. The summed E-state index contributed by atoms with van der Waals surface area (Å²) in [6.45, 7) is 5.88. The number of nitrogens with one attached hydrogen (secondary N) is 3. The molecule has 0 radical (unpaired) electrons. The summed E-state index contributed by atoms with van der Waals surface area (Å²) in [4.78, 5) is 9.78. The molecule has 2 aromatic heterocycles. The number of thiazole rings is 1. The molecule has 5 rings (SSSR count). The molecule has 0 unspecified atom stereocenters. The van der Waals surface area contributed by atoms with Gasteiger partial charge in [0.15, 0.2) is 5.13 Å². The summed E-state index contributed by atoms with van der Waals surface area (Å²) in [5, 5.41) is 12.7. The van der Waals surface area contributed by atoms with Crippen LogP contribution in [0.4, 0.5) is 10.9 Å². The van der Waals surface area contributed by atoms with Gasteiger partial charge in [0.25, 0.3) is 0 Å². The van der Waals surface area contributed by atoms with Crippen molar-refractivity contribution in [2.75, 3.05) is 31.3 Å². The van der Waals surface area contributed by atoms with E-state index in [1.165, 1.54) is 27.6 Å². The van der Waals surface area contributed by atoms with Crippen LogP contribution in [0.25, 0.3) is 27.3 Å². The molecule has 0 saturated heterocycles. The second-order valence-corrected chi connectivity index (χ2v) is 8.35. The fraction of sp³-hybridized carbons (Fsp3) is 0.200. The van der Waals surface area contributed by atoms with E-state index in [4.69, 9.17) is 0 Å². The van der Waals surface area contributed by atoms with Crippen molar-refractivity contribution in [3.8, 4) is 10.4 Å². The molecule has 1 aliphatic rings. The van der Waals surface area contributed by atoms with Gasteiger partial charge in [0.2, 0.25) is 0 Å². The lowest BCUT2D eigenvalue weighted by atomic mass is 9.99. The van der Waals surface area contributed by atoms with Crippen LogP contribution in [-0.4, -0.2) is 30.6 Å². The van der Waals surface area contributed by atoms with E-state index in [0.29, 0.717) is 0 Å². The van der Waals surface area contributed by atoms with Crippen molar-refractivity contribution < 1.29 is 0 Å². The molecular formula is C25H27N5S. The highest BCUT2D eigenvalue weighted by Gasteiger charge is 2.07. The third kappa shape index (κ3) is 4.93. The Hall–Kier alpha value is -3.22. The van der Waals surface area contributed by atoms with Crippen molar-refractivity contribution in [1.29, 1.82) is 0 Å². The molecule has 0 bridgehead atoms. The highest BCUT2D eigenvalue weighted by molar-refractivity contribution is 7.18. The van der Waals surface area contributed by atoms with Crippen molar-refractivity contribution in [2.45, 2.75) is 13.0 Å². The molecule has 3 heterocycles. The van der Waals surface area contributed by atoms with Crippen LogP contribution in [0, 0.1) is 0 Å². The Labute approximate surface area is 187 Å². The maximum absolute atomic E-state index is 4.31. The summed E-state index contributed by atoms with van der Waals surface area (Å²) in [5.41, 5.74) is 5.32. The third-order valence-corrected chi connectivity index (χ3v) is 6.40. The lowest BCUT2D eigenvalue weighted by Gasteiger charge is -2.16. The molecule has 0 saturated carbocycles. The van der Waals surface area contributed by atoms with Gasteiger partial charge in [-0.2, -0.15) is 0 Å². The predicted octanol–water partition coefficient (Wildman–Crippen LogP) is 5.42. The Kier molecular flexibility index (Phi) is 6.60. The largest absolute Gasteiger partial charge is 0.373 e. The first-order valence-electron chi connectivity index (χ1n) is 10.4. The van der Waals surface area contributed by atoms with E-state index in [1.807, 2.05) is 32.6 Å². The van der Waals surface area contributed by atoms with Crippen LogP contribution in [-0.2, 0) is 13.0 Å². The van der Waals surface area contributed by atoms with Crippen LogP contribution in [0.5, 0.6) is 0 Å². The average molecular weight is 430 g/mol. The fourth-order valence-corrected chi connectivity index (χ4v) is 4.35. The van der Waals surface area contributed by atoms with Gasteiger partial charge in [-0.3, -0.25) is 0 Å². The van der Waals surface area contributed by atoms with Crippen LogP contribution >= 0.6 is 11.3 Å². The first-order valence-corrected chi connectivity index (χ1v) is 11.2. The third-order valence-electron chi connectivity index (χ3n) is 5.33. The van der Waals surface area contributed by atoms with Gasteiger partial charge >= 0.3 is 0 Å². The molecular weight excluding hydrogens is 402 g/mol. The van der Waals surface area contributed by atoms with E-state index in [1.54, 1.807) is 11.3 Å². The maximum atomic E-state index is 4.31. The second-order valence-electron chi connectivity index (χ2n) is 7.32. The van der Waals surface area contributed by atoms with Gasteiger partial charge in [0, 0.05) is 38.4 Å². The Balaban J connectivity index is 0.000000166. The van der Waals surface area contributed by atoms with E-state index >= 15 is 0 Å². The van der Waals surface area contributed by atoms with E-state index in [2.05, 4.69) is 75.0 Å². The first-order chi connectivity index (χ1) is 15.2. The molecule has 0 amide bonds. The summed E-state index contributed by atoms with van der Waals surface area (Å²) in [6, 6.07) is 15.0. The van der Waals surface area contributed by atoms with Gasteiger partial charge in [0.1, 0.15) is 5.82 Å². The zero-order valence-corrected chi connectivity index (χ0v) is 18.7. The number of hydrogen-bond acceptors (Lipinski definition) is 6. The first kappa shape index (κ1) is 21.0. The number of rotatable bonds is 4. The topological polar surface area (TPSA) is 61.9 Å². The normalized spacial score (nSPS) is 12.5. The summed E-state index contributed by atoms with van der Waals surface area (Å²) in [5.74, 6) is 0.880. The standard InChI is InChI=1S/C14H14N4S.C11H13N/c1-15-13-6-11-5-9(3-4-10(11)7-17-13)12-8-18-14(16-2)19-12;1-2-9-3-4-10-5-6-12-8-11(10)7-9/h3-8H,1-2H3,(H,15,17)(H,16,18);2-4,7,12H,1,5-6,8H2. The highest BCUT2D eigenvalue weighted by atomic mass is 32.1. The van der Waals surface area contributed by atoms with Gasteiger partial charge in [-0.05, 0) is 52.7 Å². The Morgan fingerprint density at radius 2 is 1.87 bits per heavy atom. The molecule has 4 aromatic rings. The zero-order chi connectivity index (χ0) is 21.6. The van der Waals surface area contributed by atoms with Crippen LogP contribution in [0.2, 0.25) is 0 Å². The predicted molar refractivity (Wildman–Crippen MR) is 134 cm³/mol. The number of aromatic nitrogens is 2. The quantitative estimate of drug-likeness (QED) is 0.404. The van der Waals surface area contributed by atoms with E-state index in [9.17, 15) is 0 Å². The number of hydrogen-bond donors (Lipinski definition) is 3. The molecule has 3 N–H and O–H groups in total. The molecule has 0 aliphatic carbocycles. The average Bonchev–Trinajstić information content (AvgIpc) is 3.33. The molecule has 2 aromatic carbocycles. The zero-order valence-electron chi connectivity index (χ0n) is 17.9. The fourth-order valence-electron chi connectivity index (χ4n) is 3.58. The summed E-state index contributed by atoms with van der Waals surface area (Å²) >= 11 is 1.65. The Morgan fingerprint density at radius 3 is 2.65 bits per heavy atom. The van der Waals surface area contributed by atoms with Crippen LogP contribution in [0.3, 0.4) is 0 Å². The SMILES string of the molecule is C=Cc1ccc2c(c1)CNCC2.CNc1cc2cc(-c3cnc(NC)s3)ccc2cn1. The van der Waals surface area contributed by atoms with Crippen molar-refractivity contribution in [1.82, 2.24) is 15.3 Å². The summed E-state index contributed by atoms with van der Waals surface area (Å²) in [7, 11) is 3.76. The van der Waals surface area contributed by atoms with Crippen molar-refractivity contribution in [3.05, 3.63) is 78.1 Å². The molecule has 1 aliphatic heterocycles. The summed E-state index contributed by atoms with van der Waals surface area (Å²) < 4.78 is 0. The van der Waals surface area contributed by atoms with Crippen LogP contribution < -0.4 is 16.0 Å². The smallest absolute Gasteiger partial charge is 0.182 e. The molecule has 31 heavy (non-hydrogen) atoms.